The Hall–Kier alpha value is -1.98. The van der Waals surface area contributed by atoms with E-state index >= 15 is 0 Å². The van der Waals surface area contributed by atoms with Crippen molar-refractivity contribution in [2.45, 2.75) is 12.6 Å². The van der Waals surface area contributed by atoms with E-state index in [9.17, 15) is 9.90 Å². The minimum Gasteiger partial charge on any atom is -0.480 e. The first-order valence-electron chi connectivity index (χ1n) is 6.76. The van der Waals surface area contributed by atoms with Crippen molar-refractivity contribution >= 4 is 16.9 Å². The average Bonchev–Trinajstić information content (AvgIpc) is 2.48. The fraction of sp³-hybridized carbons (Fsp3) is 0.333. The lowest BCUT2D eigenvalue weighted by atomic mass is 10.1. The molecule has 1 aliphatic heterocycles. The number of aromatic nitrogens is 1. The Morgan fingerprint density at radius 1 is 1.40 bits per heavy atom. The lowest BCUT2D eigenvalue weighted by molar-refractivity contribution is -0.144. The minimum absolute atomic E-state index is 0.462. The Kier molecular flexibility index (Phi) is 3.62. The molecule has 1 aliphatic rings. The Labute approximate surface area is 117 Å². The maximum atomic E-state index is 11.3. The number of hydrogen-bond acceptors (Lipinski definition) is 4. The molecule has 2 N–H and O–H groups in total. The van der Waals surface area contributed by atoms with E-state index in [4.69, 9.17) is 0 Å². The lowest BCUT2D eigenvalue weighted by Crippen LogP contribution is -2.54. The zero-order valence-electron chi connectivity index (χ0n) is 11.1. The van der Waals surface area contributed by atoms with Crippen LogP contribution in [0.25, 0.3) is 10.9 Å². The molecule has 1 aromatic carbocycles. The van der Waals surface area contributed by atoms with Crippen molar-refractivity contribution in [2.24, 2.45) is 0 Å². The molecule has 5 nitrogen and oxygen atoms in total. The molecule has 1 saturated heterocycles. The first kappa shape index (κ1) is 13.0. The predicted molar refractivity (Wildman–Crippen MR) is 76.4 cm³/mol. The van der Waals surface area contributed by atoms with Gasteiger partial charge in [-0.3, -0.25) is 14.7 Å². The van der Waals surface area contributed by atoms with Gasteiger partial charge in [0.05, 0.1) is 5.52 Å². The molecule has 0 spiro atoms. The van der Waals surface area contributed by atoms with Crippen LogP contribution in [-0.4, -0.2) is 46.6 Å². The van der Waals surface area contributed by atoms with Crippen LogP contribution in [0.3, 0.4) is 0 Å². The molecule has 1 atom stereocenters. The second kappa shape index (κ2) is 5.56. The first-order chi connectivity index (χ1) is 9.75. The second-order valence-electron chi connectivity index (χ2n) is 5.02. The molecule has 0 aliphatic carbocycles. The average molecular weight is 271 g/mol. The van der Waals surface area contributed by atoms with E-state index < -0.39 is 12.0 Å². The summed E-state index contributed by atoms with van der Waals surface area (Å²) in [5.74, 6) is -0.768. The molecule has 2 aromatic rings. The van der Waals surface area contributed by atoms with Crippen molar-refractivity contribution in [3.05, 3.63) is 42.1 Å². The molecule has 0 amide bonds. The maximum absolute atomic E-state index is 11.3. The molecule has 20 heavy (non-hydrogen) atoms. The molecule has 5 heteroatoms. The number of hydrogen-bond donors (Lipinski definition) is 2. The molecule has 104 valence electrons. The molecular formula is C15H17N3O2. The van der Waals surface area contributed by atoms with Gasteiger partial charge in [-0.2, -0.15) is 0 Å². The van der Waals surface area contributed by atoms with Crippen LogP contribution < -0.4 is 5.32 Å². The number of aliphatic carboxylic acids is 1. The summed E-state index contributed by atoms with van der Waals surface area (Å²) in [6.07, 6.45) is 1.79. The van der Waals surface area contributed by atoms with E-state index in [1.54, 1.807) is 6.20 Å². The van der Waals surface area contributed by atoms with Gasteiger partial charge in [0.25, 0.3) is 0 Å². The topological polar surface area (TPSA) is 65.5 Å². The van der Waals surface area contributed by atoms with Crippen molar-refractivity contribution in [3.63, 3.8) is 0 Å². The Balaban J connectivity index is 1.90. The van der Waals surface area contributed by atoms with E-state index in [2.05, 4.69) is 10.3 Å². The highest BCUT2D eigenvalue weighted by atomic mass is 16.4. The normalized spacial score (nSPS) is 20.1. The number of benzene rings is 1. The van der Waals surface area contributed by atoms with E-state index in [0.717, 1.165) is 29.6 Å². The van der Waals surface area contributed by atoms with E-state index in [-0.39, 0.29) is 0 Å². The van der Waals surface area contributed by atoms with Gasteiger partial charge in [0.1, 0.15) is 6.04 Å². The number of nitrogens with zero attached hydrogens (tertiary/aromatic N) is 2. The van der Waals surface area contributed by atoms with Gasteiger partial charge in [0.2, 0.25) is 0 Å². The van der Waals surface area contributed by atoms with Crippen LogP contribution in [0.2, 0.25) is 0 Å². The molecule has 1 aromatic heterocycles. The summed E-state index contributed by atoms with van der Waals surface area (Å²) in [5, 5.41) is 13.5. The second-order valence-corrected chi connectivity index (χ2v) is 5.02. The number of carbonyl (C=O) groups is 1. The molecule has 0 saturated carbocycles. The number of pyridine rings is 1. The number of rotatable bonds is 3. The fourth-order valence-corrected chi connectivity index (χ4v) is 2.69. The Morgan fingerprint density at radius 2 is 2.25 bits per heavy atom. The monoisotopic (exact) mass is 271 g/mol. The quantitative estimate of drug-likeness (QED) is 0.875. The van der Waals surface area contributed by atoms with Gasteiger partial charge in [-0.15, -0.1) is 0 Å². The van der Waals surface area contributed by atoms with Gasteiger partial charge in [-0.25, -0.2) is 0 Å². The van der Waals surface area contributed by atoms with E-state index in [1.807, 2.05) is 35.2 Å². The number of nitrogens with one attached hydrogen (secondary N) is 1. The van der Waals surface area contributed by atoms with Crippen LogP contribution in [0, 0.1) is 0 Å². The number of piperazine rings is 1. The van der Waals surface area contributed by atoms with Crippen LogP contribution in [0.5, 0.6) is 0 Å². The van der Waals surface area contributed by atoms with Gasteiger partial charge in [-0.1, -0.05) is 18.2 Å². The smallest absolute Gasteiger partial charge is 0.322 e. The lowest BCUT2D eigenvalue weighted by Gasteiger charge is -2.33. The molecule has 1 fully saturated rings. The molecule has 1 unspecified atom stereocenters. The molecule has 0 bridgehead atoms. The zero-order chi connectivity index (χ0) is 13.9. The SMILES string of the molecule is O=C(O)C1CNCCN1Cc1ccnc2ccccc12. The fourth-order valence-electron chi connectivity index (χ4n) is 2.69. The molecule has 0 radical (unpaired) electrons. The van der Waals surface area contributed by atoms with Crippen molar-refractivity contribution in [1.82, 2.24) is 15.2 Å². The molecule has 3 rings (SSSR count). The standard InChI is InChI=1S/C15H17N3O2/c19-15(20)14-9-16-7-8-18(14)10-11-5-6-17-13-4-2-1-3-12(11)13/h1-6,14,16H,7-10H2,(H,19,20). The summed E-state index contributed by atoms with van der Waals surface area (Å²) in [6, 6.07) is 9.48. The van der Waals surface area contributed by atoms with Gasteiger partial charge >= 0.3 is 5.97 Å². The third kappa shape index (κ3) is 2.50. The Morgan fingerprint density at radius 3 is 3.10 bits per heavy atom. The number of fused-ring (bicyclic) bond motifs is 1. The zero-order valence-corrected chi connectivity index (χ0v) is 11.1. The predicted octanol–water partition coefficient (Wildman–Crippen LogP) is 1.09. The number of carboxylic acids is 1. The van der Waals surface area contributed by atoms with Crippen LogP contribution in [0.4, 0.5) is 0 Å². The van der Waals surface area contributed by atoms with Crippen molar-refractivity contribution < 1.29 is 9.90 Å². The van der Waals surface area contributed by atoms with Crippen LogP contribution in [0.15, 0.2) is 36.5 Å². The number of para-hydroxylation sites is 1. The highest BCUT2D eigenvalue weighted by Crippen LogP contribution is 2.19. The third-order valence-electron chi connectivity index (χ3n) is 3.75. The molecular weight excluding hydrogens is 254 g/mol. The summed E-state index contributed by atoms with van der Waals surface area (Å²) in [6.45, 7) is 2.71. The highest BCUT2D eigenvalue weighted by molar-refractivity contribution is 5.82. The third-order valence-corrected chi connectivity index (χ3v) is 3.75. The summed E-state index contributed by atoms with van der Waals surface area (Å²) in [7, 11) is 0. The van der Waals surface area contributed by atoms with Gasteiger partial charge in [0.15, 0.2) is 0 Å². The van der Waals surface area contributed by atoms with Crippen molar-refractivity contribution in [3.8, 4) is 0 Å². The summed E-state index contributed by atoms with van der Waals surface area (Å²) < 4.78 is 0. The first-order valence-corrected chi connectivity index (χ1v) is 6.76. The maximum Gasteiger partial charge on any atom is 0.322 e. The van der Waals surface area contributed by atoms with E-state index in [1.165, 1.54) is 0 Å². The van der Waals surface area contributed by atoms with Gasteiger partial charge in [0, 0.05) is 37.8 Å². The van der Waals surface area contributed by atoms with Gasteiger partial charge < -0.3 is 10.4 Å². The van der Waals surface area contributed by atoms with Crippen molar-refractivity contribution in [1.29, 1.82) is 0 Å². The highest BCUT2D eigenvalue weighted by Gasteiger charge is 2.28. The summed E-state index contributed by atoms with van der Waals surface area (Å²) in [5.41, 5.74) is 2.08. The summed E-state index contributed by atoms with van der Waals surface area (Å²) in [4.78, 5) is 17.7. The summed E-state index contributed by atoms with van der Waals surface area (Å²) >= 11 is 0. The van der Waals surface area contributed by atoms with Crippen LogP contribution in [-0.2, 0) is 11.3 Å². The number of carboxylic acid groups (broad SMARTS) is 1. The Bertz CT molecular complexity index is 624. The van der Waals surface area contributed by atoms with Crippen LogP contribution in [0.1, 0.15) is 5.56 Å². The largest absolute Gasteiger partial charge is 0.480 e. The van der Waals surface area contributed by atoms with Crippen LogP contribution >= 0.6 is 0 Å². The molecule has 2 heterocycles. The van der Waals surface area contributed by atoms with Gasteiger partial charge in [-0.05, 0) is 17.7 Å². The minimum atomic E-state index is -0.768. The van der Waals surface area contributed by atoms with Crippen molar-refractivity contribution in [2.75, 3.05) is 19.6 Å². The van der Waals surface area contributed by atoms with E-state index in [0.29, 0.717) is 13.1 Å².